The number of phenolic OH excluding ortho intramolecular Hbond substituents is 1. The first-order valence-corrected chi connectivity index (χ1v) is 16.0. The molecule has 0 bridgehead atoms. The first kappa shape index (κ1) is 28.4. The van der Waals surface area contributed by atoms with Gasteiger partial charge in [0.2, 0.25) is 23.6 Å². The van der Waals surface area contributed by atoms with Gasteiger partial charge in [0.05, 0.1) is 40.4 Å². The quantitative estimate of drug-likeness (QED) is 0.252. The van der Waals surface area contributed by atoms with Gasteiger partial charge in [-0.1, -0.05) is 45.2 Å². The van der Waals surface area contributed by atoms with E-state index in [1.54, 1.807) is 19.1 Å². The number of amides is 4. The summed E-state index contributed by atoms with van der Waals surface area (Å²) in [7, 11) is 0. The fourth-order valence-corrected chi connectivity index (χ4v) is 9.01. The molecule has 0 spiro atoms. The van der Waals surface area contributed by atoms with Crippen molar-refractivity contribution in [3.63, 3.8) is 0 Å². The number of halogens is 3. The largest absolute Gasteiger partial charge is 0.508 e. The van der Waals surface area contributed by atoms with E-state index in [2.05, 4.69) is 15.9 Å². The third kappa shape index (κ3) is 4.09. The zero-order valence-electron chi connectivity index (χ0n) is 22.8. The van der Waals surface area contributed by atoms with E-state index < -0.39 is 52.6 Å². The van der Waals surface area contributed by atoms with E-state index in [1.165, 1.54) is 34.4 Å². The molecule has 3 heterocycles. The van der Waals surface area contributed by atoms with Crippen molar-refractivity contribution in [2.45, 2.75) is 32.2 Å². The molecule has 1 saturated carbocycles. The van der Waals surface area contributed by atoms with Crippen LogP contribution >= 0.6 is 38.9 Å². The van der Waals surface area contributed by atoms with E-state index in [0.717, 1.165) is 21.4 Å². The van der Waals surface area contributed by atoms with E-state index in [1.807, 2.05) is 23.6 Å². The Morgan fingerprint density at radius 2 is 1.86 bits per heavy atom. The summed E-state index contributed by atoms with van der Waals surface area (Å²) in [6.45, 7) is 1.92. The van der Waals surface area contributed by atoms with E-state index >= 15 is 0 Å². The summed E-state index contributed by atoms with van der Waals surface area (Å²) >= 11 is 11.0. The lowest BCUT2D eigenvalue weighted by molar-refractivity contribution is -0.141. The third-order valence-electron chi connectivity index (χ3n) is 9.72. The number of hydrogen-bond donors (Lipinski definition) is 1. The summed E-state index contributed by atoms with van der Waals surface area (Å²) in [5.41, 5.74) is 0.0304. The Morgan fingerprint density at radius 3 is 2.58 bits per heavy atom. The Bertz CT molecular complexity index is 1760. The van der Waals surface area contributed by atoms with Gasteiger partial charge >= 0.3 is 0 Å². The number of likely N-dealkylation sites (tertiary alicyclic amines) is 1. The van der Waals surface area contributed by atoms with Crippen LogP contribution in [0.15, 0.2) is 70.0 Å². The number of imide groups is 2. The SMILES string of the molecule is CC12C(=O)N(c3ccc(F)c(Cl)c3)C(=O)C1CC1C(=CCC3C(=O)N(Cc4cccs4)C(=O)C31)C2c1cc(Br)ccc1O. The molecule has 4 amide bonds. The van der Waals surface area contributed by atoms with Crippen LogP contribution in [-0.2, 0) is 25.7 Å². The van der Waals surface area contributed by atoms with Crippen molar-refractivity contribution in [2.24, 2.45) is 29.1 Å². The number of anilines is 1. The van der Waals surface area contributed by atoms with Gasteiger partial charge in [-0.3, -0.25) is 24.1 Å². The van der Waals surface area contributed by atoms with Crippen molar-refractivity contribution in [1.82, 2.24) is 4.90 Å². The molecule has 2 aliphatic heterocycles. The molecular weight excluding hydrogens is 659 g/mol. The van der Waals surface area contributed by atoms with Gasteiger partial charge in [-0.25, -0.2) is 9.29 Å². The third-order valence-corrected chi connectivity index (χ3v) is 11.4. The van der Waals surface area contributed by atoms with Crippen LogP contribution in [0, 0.1) is 34.9 Å². The normalized spacial score (nSPS) is 30.0. The first-order chi connectivity index (χ1) is 20.5. The highest BCUT2D eigenvalue weighted by Crippen LogP contribution is 2.64. The Labute approximate surface area is 264 Å². The van der Waals surface area contributed by atoms with E-state index in [9.17, 15) is 28.7 Å². The highest BCUT2D eigenvalue weighted by molar-refractivity contribution is 9.10. The molecule has 7 rings (SSSR count). The minimum Gasteiger partial charge on any atom is -0.508 e. The Hall–Kier alpha value is -3.34. The summed E-state index contributed by atoms with van der Waals surface area (Å²) in [5.74, 6) is -5.61. The highest BCUT2D eigenvalue weighted by Gasteiger charge is 2.67. The van der Waals surface area contributed by atoms with Gasteiger partial charge in [0.1, 0.15) is 11.6 Å². The molecule has 3 fully saturated rings. The fourth-order valence-electron chi connectivity index (χ4n) is 7.77. The molecule has 0 radical (unpaired) electrons. The number of fused-ring (bicyclic) bond motifs is 4. The van der Waals surface area contributed by atoms with Crippen LogP contribution in [0.4, 0.5) is 10.1 Å². The van der Waals surface area contributed by atoms with Crippen LogP contribution in [0.1, 0.15) is 36.1 Å². The molecule has 4 aliphatic rings. The topological polar surface area (TPSA) is 95.0 Å². The van der Waals surface area contributed by atoms with Crippen molar-refractivity contribution in [3.8, 4) is 5.75 Å². The first-order valence-electron chi connectivity index (χ1n) is 13.9. The van der Waals surface area contributed by atoms with Crippen LogP contribution in [0.25, 0.3) is 0 Å². The second-order valence-electron chi connectivity index (χ2n) is 11.8. The van der Waals surface area contributed by atoms with Gasteiger partial charge in [-0.05, 0) is 73.5 Å². The van der Waals surface area contributed by atoms with E-state index in [-0.39, 0.29) is 41.2 Å². The Balaban J connectivity index is 1.36. The van der Waals surface area contributed by atoms with E-state index in [0.29, 0.717) is 16.5 Å². The molecule has 11 heteroatoms. The predicted molar refractivity (Wildman–Crippen MR) is 162 cm³/mol. The number of carbonyl (C=O) groups is 4. The number of allylic oxidation sites excluding steroid dienone is 2. The lowest BCUT2D eigenvalue weighted by Crippen LogP contribution is -2.48. The van der Waals surface area contributed by atoms with Crippen molar-refractivity contribution < 1.29 is 28.7 Å². The maximum Gasteiger partial charge on any atom is 0.241 e. The minimum atomic E-state index is -1.34. The second kappa shape index (κ2) is 10.1. The highest BCUT2D eigenvalue weighted by atomic mass is 79.9. The maximum atomic E-state index is 14.4. The van der Waals surface area contributed by atoms with Gasteiger partial charge in [-0.2, -0.15) is 0 Å². The predicted octanol–water partition coefficient (Wildman–Crippen LogP) is 6.44. The van der Waals surface area contributed by atoms with Crippen molar-refractivity contribution >= 4 is 68.2 Å². The summed E-state index contributed by atoms with van der Waals surface area (Å²) in [4.78, 5) is 59.4. The number of hydrogen-bond acceptors (Lipinski definition) is 6. The van der Waals surface area contributed by atoms with Gasteiger partial charge in [0, 0.05) is 20.8 Å². The number of carbonyl (C=O) groups excluding carboxylic acids is 4. The van der Waals surface area contributed by atoms with Crippen LogP contribution in [0.5, 0.6) is 5.75 Å². The number of rotatable bonds is 4. The number of nitrogens with zero attached hydrogens (tertiary/aromatic N) is 2. The van der Waals surface area contributed by atoms with Crippen LogP contribution < -0.4 is 4.90 Å². The standard InChI is InChI=1S/C32H25BrClFN2O5S/c1-32-22(29(40)37(31(32)42)16-5-8-24(35)23(34)12-16)13-20-18(27(32)21-11-15(33)4-9-25(21)38)6-7-19-26(20)30(41)36(28(19)39)14-17-3-2-10-43-17/h2-6,8-12,19-20,22,26-27,38H,7,13-14H2,1H3. The second-order valence-corrected chi connectivity index (χ2v) is 14.2. The maximum absolute atomic E-state index is 14.4. The molecule has 7 nitrogen and oxygen atoms in total. The molecule has 6 atom stereocenters. The molecular formula is C32H25BrClFN2O5S. The van der Waals surface area contributed by atoms with Crippen molar-refractivity contribution in [3.05, 3.63) is 91.3 Å². The molecule has 220 valence electrons. The summed E-state index contributed by atoms with van der Waals surface area (Å²) in [6, 6.07) is 12.4. The van der Waals surface area contributed by atoms with Gasteiger partial charge in [-0.15, -0.1) is 11.3 Å². The number of phenols is 1. The molecule has 2 aromatic carbocycles. The smallest absolute Gasteiger partial charge is 0.241 e. The molecule has 2 saturated heterocycles. The average Bonchev–Trinajstić information content (AvgIpc) is 3.63. The Kier molecular flexibility index (Phi) is 6.68. The molecule has 2 aliphatic carbocycles. The van der Waals surface area contributed by atoms with Crippen LogP contribution in [0.3, 0.4) is 0 Å². The molecule has 43 heavy (non-hydrogen) atoms. The zero-order valence-corrected chi connectivity index (χ0v) is 26.0. The molecule has 1 aromatic heterocycles. The Morgan fingerprint density at radius 1 is 1.07 bits per heavy atom. The lowest BCUT2D eigenvalue weighted by atomic mass is 9.51. The average molecular weight is 684 g/mol. The number of aromatic hydroxyl groups is 1. The molecule has 1 N–H and O–H groups in total. The molecule has 6 unspecified atom stereocenters. The fraction of sp³-hybridized carbons (Fsp3) is 0.312. The summed E-state index contributed by atoms with van der Waals surface area (Å²) in [6.07, 6.45) is 2.43. The number of thiophene rings is 1. The molecule has 3 aromatic rings. The summed E-state index contributed by atoms with van der Waals surface area (Å²) in [5, 5.41) is 12.8. The zero-order chi connectivity index (χ0) is 30.4. The van der Waals surface area contributed by atoms with Crippen LogP contribution in [0.2, 0.25) is 5.02 Å². The van der Waals surface area contributed by atoms with Gasteiger partial charge in [0.15, 0.2) is 0 Å². The van der Waals surface area contributed by atoms with Crippen molar-refractivity contribution in [1.29, 1.82) is 0 Å². The summed E-state index contributed by atoms with van der Waals surface area (Å²) < 4.78 is 14.7. The monoisotopic (exact) mass is 682 g/mol. The van der Waals surface area contributed by atoms with Crippen LogP contribution in [-0.4, -0.2) is 33.6 Å². The van der Waals surface area contributed by atoms with Crippen molar-refractivity contribution in [2.75, 3.05) is 4.90 Å². The number of benzene rings is 2. The lowest BCUT2D eigenvalue weighted by Gasteiger charge is -2.49. The van der Waals surface area contributed by atoms with Gasteiger partial charge in [0.25, 0.3) is 0 Å². The van der Waals surface area contributed by atoms with E-state index in [4.69, 9.17) is 11.6 Å². The van der Waals surface area contributed by atoms with Gasteiger partial charge < -0.3 is 5.11 Å². The minimum absolute atomic E-state index is 0.0477.